The molecule has 1 saturated carbocycles. The molecule has 0 aromatic rings. The van der Waals surface area contributed by atoms with Crippen LogP contribution >= 0.6 is 0 Å². The molecule has 0 saturated heterocycles. The fourth-order valence-electron chi connectivity index (χ4n) is 1.87. The van der Waals surface area contributed by atoms with Crippen LogP contribution in [0.25, 0.3) is 0 Å². The van der Waals surface area contributed by atoms with E-state index >= 15 is 0 Å². The van der Waals surface area contributed by atoms with E-state index in [1.165, 1.54) is 7.11 Å². The molecule has 8 nitrogen and oxygen atoms in total. The lowest BCUT2D eigenvalue weighted by atomic mass is 9.77. The van der Waals surface area contributed by atoms with Gasteiger partial charge in [0.25, 0.3) is 0 Å². The van der Waals surface area contributed by atoms with Crippen molar-refractivity contribution >= 4 is 21.9 Å². The first-order chi connectivity index (χ1) is 9.31. The molecule has 9 heteroatoms. The Morgan fingerprint density at radius 1 is 1.35 bits per heavy atom. The number of carbonyl (C=O) groups excluding carboxylic acids is 1. The molecule has 0 atom stereocenters. The van der Waals surface area contributed by atoms with Crippen LogP contribution in [0.2, 0.25) is 0 Å². The quantitative estimate of drug-likeness (QED) is 0.473. The minimum absolute atomic E-state index is 0.141. The lowest BCUT2D eigenvalue weighted by Gasteiger charge is -2.38. The van der Waals surface area contributed by atoms with Crippen molar-refractivity contribution in [2.45, 2.75) is 31.2 Å². The summed E-state index contributed by atoms with van der Waals surface area (Å²) in [7, 11) is -2.08. The van der Waals surface area contributed by atoms with Crippen molar-refractivity contribution in [3.63, 3.8) is 0 Å². The number of amides is 1. The van der Waals surface area contributed by atoms with Crippen molar-refractivity contribution in [2.75, 3.05) is 26.0 Å². The van der Waals surface area contributed by atoms with Gasteiger partial charge in [0, 0.05) is 13.7 Å². The summed E-state index contributed by atoms with van der Waals surface area (Å²) >= 11 is 0. The van der Waals surface area contributed by atoms with Gasteiger partial charge in [0.05, 0.1) is 12.3 Å². The molecule has 0 heterocycles. The molecule has 0 unspecified atom stereocenters. The molecule has 0 spiro atoms. The van der Waals surface area contributed by atoms with Gasteiger partial charge in [-0.25, -0.2) is 17.9 Å². The Kier molecular flexibility index (Phi) is 5.90. The standard InChI is InChI=1S/C11H20N2O6S/c1-19-6-3-7-20(17,18)12-8-9(14)13-11(10(15)16)4-2-5-11/h12H,2-8H2,1H3,(H,13,14)(H,15,16). The normalized spacial score (nSPS) is 17.2. The highest BCUT2D eigenvalue weighted by Crippen LogP contribution is 2.31. The van der Waals surface area contributed by atoms with Crippen molar-refractivity contribution < 1.29 is 27.9 Å². The molecule has 0 aliphatic heterocycles. The SMILES string of the molecule is COCCCS(=O)(=O)NCC(=O)NC1(C(=O)O)CCC1. The molecule has 1 fully saturated rings. The van der Waals surface area contributed by atoms with Crippen LogP contribution in [-0.4, -0.2) is 57.0 Å². The molecule has 1 amide bonds. The average Bonchev–Trinajstić information content (AvgIpc) is 2.31. The number of ether oxygens (including phenoxy) is 1. The van der Waals surface area contributed by atoms with E-state index in [9.17, 15) is 18.0 Å². The maximum absolute atomic E-state index is 11.6. The molecule has 1 rings (SSSR count). The topological polar surface area (TPSA) is 122 Å². The van der Waals surface area contributed by atoms with Gasteiger partial charge in [-0.2, -0.15) is 0 Å². The van der Waals surface area contributed by atoms with E-state index in [0.717, 1.165) is 6.42 Å². The smallest absolute Gasteiger partial charge is 0.329 e. The maximum Gasteiger partial charge on any atom is 0.329 e. The Labute approximate surface area is 117 Å². The second-order valence-electron chi connectivity index (χ2n) is 4.78. The van der Waals surface area contributed by atoms with Gasteiger partial charge in [-0.05, 0) is 25.7 Å². The van der Waals surface area contributed by atoms with Crippen LogP contribution in [0, 0.1) is 0 Å². The monoisotopic (exact) mass is 308 g/mol. The summed E-state index contributed by atoms with van der Waals surface area (Å²) in [6.45, 7) is -0.139. The zero-order valence-corrected chi connectivity index (χ0v) is 12.2. The second kappa shape index (κ2) is 7.00. The van der Waals surface area contributed by atoms with Crippen molar-refractivity contribution in [1.29, 1.82) is 0 Å². The molecule has 0 aromatic heterocycles. The van der Waals surface area contributed by atoms with Crippen LogP contribution < -0.4 is 10.0 Å². The van der Waals surface area contributed by atoms with Crippen LogP contribution in [0.15, 0.2) is 0 Å². The van der Waals surface area contributed by atoms with Gasteiger partial charge < -0.3 is 15.2 Å². The summed E-state index contributed by atoms with van der Waals surface area (Å²) < 4.78 is 29.9. The maximum atomic E-state index is 11.6. The van der Waals surface area contributed by atoms with Crippen LogP contribution in [-0.2, 0) is 24.3 Å². The van der Waals surface area contributed by atoms with Gasteiger partial charge in [0.1, 0.15) is 5.54 Å². The van der Waals surface area contributed by atoms with E-state index in [1.54, 1.807) is 0 Å². The van der Waals surface area contributed by atoms with Crippen molar-refractivity contribution in [3.8, 4) is 0 Å². The number of rotatable bonds is 9. The second-order valence-corrected chi connectivity index (χ2v) is 6.70. The lowest BCUT2D eigenvalue weighted by molar-refractivity contribution is -0.151. The number of carbonyl (C=O) groups is 2. The summed E-state index contributed by atoms with van der Waals surface area (Å²) in [6, 6.07) is 0. The number of sulfonamides is 1. The largest absolute Gasteiger partial charge is 0.480 e. The number of hydrogen-bond acceptors (Lipinski definition) is 5. The summed E-state index contributed by atoms with van der Waals surface area (Å²) in [5.74, 6) is -1.86. The molecular formula is C11H20N2O6S. The van der Waals surface area contributed by atoms with E-state index in [0.29, 0.717) is 25.9 Å². The Balaban J connectivity index is 2.38. The number of carboxylic acids is 1. The van der Waals surface area contributed by atoms with E-state index in [-0.39, 0.29) is 5.75 Å². The molecule has 0 radical (unpaired) electrons. The molecule has 1 aliphatic carbocycles. The van der Waals surface area contributed by atoms with Crippen molar-refractivity contribution in [3.05, 3.63) is 0 Å². The molecule has 0 bridgehead atoms. The third-order valence-electron chi connectivity index (χ3n) is 3.21. The lowest BCUT2D eigenvalue weighted by Crippen LogP contribution is -2.60. The summed E-state index contributed by atoms with van der Waals surface area (Å²) in [5.41, 5.74) is -1.22. The minimum Gasteiger partial charge on any atom is -0.480 e. The third-order valence-corrected chi connectivity index (χ3v) is 4.62. The third kappa shape index (κ3) is 4.73. The highest BCUT2D eigenvalue weighted by atomic mass is 32.2. The Morgan fingerprint density at radius 2 is 2.00 bits per heavy atom. The molecule has 116 valence electrons. The van der Waals surface area contributed by atoms with Crippen LogP contribution in [0.3, 0.4) is 0 Å². The molecule has 3 N–H and O–H groups in total. The summed E-state index contributed by atoms with van der Waals surface area (Å²) in [6.07, 6.45) is 1.80. The zero-order chi connectivity index (χ0) is 15.2. The van der Waals surface area contributed by atoms with Gasteiger partial charge >= 0.3 is 5.97 Å². The van der Waals surface area contributed by atoms with E-state index < -0.39 is 34.0 Å². The number of hydrogen-bond donors (Lipinski definition) is 3. The average molecular weight is 308 g/mol. The number of nitrogens with one attached hydrogen (secondary N) is 2. The predicted molar refractivity (Wildman–Crippen MR) is 70.6 cm³/mol. The molecule has 0 aromatic carbocycles. The van der Waals surface area contributed by atoms with Gasteiger partial charge in [-0.1, -0.05) is 0 Å². The van der Waals surface area contributed by atoms with E-state index in [2.05, 4.69) is 10.0 Å². The fourth-order valence-corrected chi connectivity index (χ4v) is 2.87. The van der Waals surface area contributed by atoms with Gasteiger partial charge in [0.2, 0.25) is 15.9 Å². The number of carboxylic acid groups (broad SMARTS) is 1. The number of methoxy groups -OCH3 is 1. The predicted octanol–water partition coefficient (Wildman–Crippen LogP) is -0.934. The van der Waals surface area contributed by atoms with Crippen LogP contribution in [0.4, 0.5) is 0 Å². The van der Waals surface area contributed by atoms with Gasteiger partial charge in [-0.15, -0.1) is 0 Å². The summed E-state index contributed by atoms with van der Waals surface area (Å²) in [4.78, 5) is 22.7. The summed E-state index contributed by atoms with van der Waals surface area (Å²) in [5, 5.41) is 11.4. The Bertz CT molecular complexity index is 458. The van der Waals surface area contributed by atoms with E-state index in [4.69, 9.17) is 9.84 Å². The van der Waals surface area contributed by atoms with Crippen LogP contribution in [0.5, 0.6) is 0 Å². The van der Waals surface area contributed by atoms with E-state index in [1.807, 2.05) is 0 Å². The number of aliphatic carboxylic acids is 1. The highest BCUT2D eigenvalue weighted by molar-refractivity contribution is 7.89. The molecule has 20 heavy (non-hydrogen) atoms. The van der Waals surface area contributed by atoms with Crippen LogP contribution in [0.1, 0.15) is 25.7 Å². The van der Waals surface area contributed by atoms with Gasteiger partial charge in [-0.3, -0.25) is 4.79 Å². The van der Waals surface area contributed by atoms with Crippen molar-refractivity contribution in [2.24, 2.45) is 0 Å². The first-order valence-electron chi connectivity index (χ1n) is 6.32. The molecular weight excluding hydrogens is 288 g/mol. The minimum atomic E-state index is -3.55. The highest BCUT2D eigenvalue weighted by Gasteiger charge is 2.45. The first kappa shape index (κ1) is 16.9. The van der Waals surface area contributed by atoms with Crippen molar-refractivity contribution in [1.82, 2.24) is 10.0 Å². The fraction of sp³-hybridized carbons (Fsp3) is 0.818. The first-order valence-corrected chi connectivity index (χ1v) is 7.97. The molecule has 1 aliphatic rings. The zero-order valence-electron chi connectivity index (χ0n) is 11.3. The Hall–Kier alpha value is -1.19. The Morgan fingerprint density at radius 3 is 2.45 bits per heavy atom. The van der Waals surface area contributed by atoms with Gasteiger partial charge in [0.15, 0.2) is 0 Å².